The Kier molecular flexibility index (Phi) is 2.13. The van der Waals surface area contributed by atoms with E-state index in [0.717, 1.165) is 12.7 Å². The maximum atomic E-state index is 11.1. The van der Waals surface area contributed by atoms with E-state index in [4.69, 9.17) is 5.73 Å². The highest BCUT2D eigenvalue weighted by molar-refractivity contribution is 7.89. The minimum absolute atomic E-state index is 0.564. The van der Waals surface area contributed by atoms with Gasteiger partial charge in [-0.2, -0.15) is 0 Å². The summed E-state index contributed by atoms with van der Waals surface area (Å²) >= 11 is 0. The fourth-order valence-electron chi connectivity index (χ4n) is 1.05. The molecule has 0 atom stereocenters. The van der Waals surface area contributed by atoms with E-state index in [-0.39, 0.29) is 0 Å². The molecule has 0 heterocycles. The van der Waals surface area contributed by atoms with Gasteiger partial charge in [-0.05, 0) is 19.3 Å². The minimum Gasteiger partial charge on any atom is -0.317 e. The lowest BCUT2D eigenvalue weighted by Gasteiger charge is -2.35. The molecule has 0 aliphatic heterocycles. The summed E-state index contributed by atoms with van der Waals surface area (Å²) in [6.45, 7) is 0. The van der Waals surface area contributed by atoms with Crippen molar-refractivity contribution in [3.63, 3.8) is 0 Å². The Labute approximate surface area is 71.4 Å². The zero-order chi connectivity index (χ0) is 9.41. The van der Waals surface area contributed by atoms with Crippen molar-refractivity contribution in [2.24, 2.45) is 5.73 Å². The van der Waals surface area contributed by atoms with Crippen LogP contribution in [0.1, 0.15) is 19.3 Å². The SMILES string of the molecule is CS(=O)(=O)NC(=O)C1(N)CCC1. The number of sulfonamides is 1. The molecule has 5 nitrogen and oxygen atoms in total. The molecule has 0 saturated heterocycles. The second-order valence-electron chi connectivity index (χ2n) is 3.21. The molecule has 1 aliphatic carbocycles. The Hall–Kier alpha value is -0.620. The Bertz CT molecular complexity index is 292. The molecule has 0 radical (unpaired) electrons. The van der Waals surface area contributed by atoms with Crippen LogP contribution in [0.4, 0.5) is 0 Å². The highest BCUT2D eigenvalue weighted by Crippen LogP contribution is 2.29. The fourth-order valence-corrected chi connectivity index (χ4v) is 1.59. The summed E-state index contributed by atoms with van der Waals surface area (Å²) < 4.78 is 23.2. The molecule has 1 rings (SSSR count). The van der Waals surface area contributed by atoms with Crippen LogP contribution < -0.4 is 10.5 Å². The summed E-state index contributed by atoms with van der Waals surface area (Å²) in [6, 6.07) is 0. The lowest BCUT2D eigenvalue weighted by Crippen LogP contribution is -2.59. The zero-order valence-electron chi connectivity index (χ0n) is 6.83. The normalized spacial score (nSPS) is 21.2. The average Bonchev–Trinajstić information content (AvgIpc) is 1.78. The van der Waals surface area contributed by atoms with E-state index in [1.807, 2.05) is 4.72 Å². The number of amides is 1. The molecular weight excluding hydrogens is 180 g/mol. The van der Waals surface area contributed by atoms with E-state index >= 15 is 0 Å². The topological polar surface area (TPSA) is 89.3 Å². The maximum Gasteiger partial charge on any atom is 0.253 e. The van der Waals surface area contributed by atoms with E-state index in [2.05, 4.69) is 0 Å². The molecule has 1 saturated carbocycles. The first kappa shape index (κ1) is 9.47. The van der Waals surface area contributed by atoms with E-state index in [1.165, 1.54) is 0 Å². The number of hydrogen-bond acceptors (Lipinski definition) is 4. The third-order valence-corrected chi connectivity index (χ3v) is 2.53. The van der Waals surface area contributed by atoms with Crippen LogP contribution >= 0.6 is 0 Å². The molecule has 1 amide bonds. The van der Waals surface area contributed by atoms with Gasteiger partial charge in [0.15, 0.2) is 0 Å². The van der Waals surface area contributed by atoms with Crippen LogP contribution in [0.5, 0.6) is 0 Å². The van der Waals surface area contributed by atoms with Crippen LogP contribution in [0.2, 0.25) is 0 Å². The van der Waals surface area contributed by atoms with Crippen molar-refractivity contribution in [1.29, 1.82) is 0 Å². The number of hydrogen-bond donors (Lipinski definition) is 2. The van der Waals surface area contributed by atoms with Crippen molar-refractivity contribution in [3.8, 4) is 0 Å². The highest BCUT2D eigenvalue weighted by atomic mass is 32.2. The van der Waals surface area contributed by atoms with E-state index < -0.39 is 21.5 Å². The van der Waals surface area contributed by atoms with Crippen LogP contribution in [-0.4, -0.2) is 26.1 Å². The maximum absolute atomic E-state index is 11.1. The third-order valence-electron chi connectivity index (χ3n) is 1.98. The predicted octanol–water partition coefficient (Wildman–Crippen LogP) is -1.06. The number of nitrogens with one attached hydrogen (secondary N) is 1. The Morgan fingerprint density at radius 3 is 2.25 bits per heavy atom. The molecule has 70 valence electrons. The number of rotatable bonds is 2. The molecular formula is C6H12N2O3S. The van der Waals surface area contributed by atoms with Gasteiger partial charge in [0.25, 0.3) is 5.91 Å². The molecule has 0 unspecified atom stereocenters. The Balaban J connectivity index is 2.60. The second-order valence-corrected chi connectivity index (χ2v) is 4.96. The van der Waals surface area contributed by atoms with Crippen LogP contribution in [0.3, 0.4) is 0 Å². The molecule has 0 aromatic carbocycles. The van der Waals surface area contributed by atoms with Gasteiger partial charge < -0.3 is 5.73 Å². The summed E-state index contributed by atoms with van der Waals surface area (Å²) in [4.78, 5) is 11.1. The summed E-state index contributed by atoms with van der Waals surface area (Å²) in [7, 11) is -3.46. The largest absolute Gasteiger partial charge is 0.317 e. The van der Waals surface area contributed by atoms with E-state index in [9.17, 15) is 13.2 Å². The van der Waals surface area contributed by atoms with Crippen molar-refractivity contribution in [1.82, 2.24) is 4.72 Å². The van der Waals surface area contributed by atoms with Gasteiger partial charge in [0.2, 0.25) is 10.0 Å². The van der Waals surface area contributed by atoms with Gasteiger partial charge in [-0.1, -0.05) is 0 Å². The first-order valence-electron chi connectivity index (χ1n) is 3.65. The van der Waals surface area contributed by atoms with Gasteiger partial charge in [-0.3, -0.25) is 9.52 Å². The number of carbonyl (C=O) groups is 1. The van der Waals surface area contributed by atoms with E-state index in [1.54, 1.807) is 0 Å². The second kappa shape index (κ2) is 2.70. The molecule has 6 heteroatoms. The zero-order valence-corrected chi connectivity index (χ0v) is 7.65. The smallest absolute Gasteiger partial charge is 0.253 e. The third kappa shape index (κ3) is 1.95. The summed E-state index contributed by atoms with van der Waals surface area (Å²) in [5.41, 5.74) is 4.64. The molecule has 0 bridgehead atoms. The van der Waals surface area contributed by atoms with Crippen molar-refractivity contribution >= 4 is 15.9 Å². The molecule has 0 aromatic rings. The standard InChI is InChI=1S/C6H12N2O3S/c1-12(10,11)8-5(9)6(7)3-2-4-6/h2-4,7H2,1H3,(H,8,9). The predicted molar refractivity (Wildman–Crippen MR) is 43.8 cm³/mol. The molecule has 1 aliphatic rings. The first-order valence-corrected chi connectivity index (χ1v) is 5.54. The first-order chi connectivity index (χ1) is 5.33. The number of carbonyl (C=O) groups excluding carboxylic acids is 1. The molecule has 3 N–H and O–H groups in total. The molecule has 0 aromatic heterocycles. The lowest BCUT2D eigenvalue weighted by molar-refractivity contribution is -0.127. The van der Waals surface area contributed by atoms with Gasteiger partial charge in [-0.15, -0.1) is 0 Å². The summed E-state index contributed by atoms with van der Waals surface area (Å²) in [5.74, 6) is -0.587. The van der Waals surface area contributed by atoms with Crippen LogP contribution in [0, 0.1) is 0 Å². The molecule has 0 spiro atoms. The van der Waals surface area contributed by atoms with Crippen LogP contribution in [0.15, 0.2) is 0 Å². The lowest BCUT2D eigenvalue weighted by atomic mass is 9.77. The summed E-state index contributed by atoms with van der Waals surface area (Å²) in [5, 5.41) is 0. The fraction of sp³-hybridized carbons (Fsp3) is 0.833. The van der Waals surface area contributed by atoms with Gasteiger partial charge in [-0.25, -0.2) is 8.42 Å². The Morgan fingerprint density at radius 1 is 1.50 bits per heavy atom. The van der Waals surface area contributed by atoms with Crippen LogP contribution in [-0.2, 0) is 14.8 Å². The molecule has 12 heavy (non-hydrogen) atoms. The average molecular weight is 192 g/mol. The van der Waals surface area contributed by atoms with Gasteiger partial charge in [0.05, 0.1) is 11.8 Å². The van der Waals surface area contributed by atoms with Crippen molar-refractivity contribution in [2.75, 3.05) is 6.26 Å². The van der Waals surface area contributed by atoms with Gasteiger partial charge in [0.1, 0.15) is 0 Å². The minimum atomic E-state index is -3.46. The van der Waals surface area contributed by atoms with Gasteiger partial charge >= 0.3 is 0 Å². The quantitative estimate of drug-likeness (QED) is 0.584. The van der Waals surface area contributed by atoms with Crippen molar-refractivity contribution in [3.05, 3.63) is 0 Å². The highest BCUT2D eigenvalue weighted by Gasteiger charge is 2.41. The van der Waals surface area contributed by atoms with E-state index in [0.29, 0.717) is 12.8 Å². The number of nitrogens with two attached hydrogens (primary N) is 1. The molecule has 1 fully saturated rings. The van der Waals surface area contributed by atoms with Crippen molar-refractivity contribution in [2.45, 2.75) is 24.8 Å². The Morgan fingerprint density at radius 2 is 2.00 bits per heavy atom. The van der Waals surface area contributed by atoms with Crippen molar-refractivity contribution < 1.29 is 13.2 Å². The summed E-state index contributed by atoms with van der Waals surface area (Å²) in [6.07, 6.45) is 2.95. The van der Waals surface area contributed by atoms with Gasteiger partial charge in [0, 0.05) is 0 Å². The van der Waals surface area contributed by atoms with Crippen LogP contribution in [0.25, 0.3) is 0 Å². The monoisotopic (exact) mass is 192 g/mol.